The van der Waals surface area contributed by atoms with Gasteiger partial charge in [-0.05, 0) is 83.9 Å². The molecule has 0 spiro atoms. The maximum absolute atomic E-state index is 14.7. The van der Waals surface area contributed by atoms with E-state index < -0.39 is 52.3 Å². The highest BCUT2D eigenvalue weighted by Gasteiger charge is 2.72. The predicted octanol–water partition coefficient (Wildman–Crippen LogP) is 6.70. The number of anilines is 2. The molecule has 0 saturated carbocycles. The molecular weight excluding hydrogens is 554 g/mol. The molecule has 0 fully saturated rings. The molecule has 12 heteroatoms. The zero-order valence-electron chi connectivity index (χ0n) is 20.8. The maximum Gasteiger partial charge on any atom is 0.411 e. The Morgan fingerprint density at radius 1 is 0.537 bits per heavy atom. The van der Waals surface area contributed by atoms with Crippen molar-refractivity contribution in [1.29, 1.82) is 0 Å². The second kappa shape index (κ2) is 10.9. The topological polar surface area (TPSA) is 105 Å². The van der Waals surface area contributed by atoms with Gasteiger partial charge in [-0.15, -0.1) is 0 Å². The summed E-state index contributed by atoms with van der Waals surface area (Å²) in [6.45, 7) is 0. The van der Waals surface area contributed by atoms with Crippen LogP contribution in [0.15, 0.2) is 97.1 Å². The number of carbonyl (C=O) groups is 2. The number of benzene rings is 4. The predicted molar refractivity (Wildman–Crippen MR) is 137 cm³/mol. The van der Waals surface area contributed by atoms with E-state index in [0.29, 0.717) is 35.6 Å². The molecule has 0 aliphatic heterocycles. The normalized spacial score (nSPS) is 12.0. The summed E-state index contributed by atoms with van der Waals surface area (Å²) in [4.78, 5) is 24.9. The number of hydrogen-bond donors (Lipinski definition) is 2. The second-order valence-electron chi connectivity index (χ2n) is 8.82. The Balaban J connectivity index is 1.77. The fourth-order valence-corrected chi connectivity index (χ4v) is 4.14. The van der Waals surface area contributed by atoms with Gasteiger partial charge in [0.15, 0.2) is 0 Å². The van der Waals surface area contributed by atoms with Crippen LogP contribution in [0, 0.1) is 0 Å². The van der Waals surface area contributed by atoms with Crippen LogP contribution in [0.25, 0.3) is 0 Å². The molecule has 0 amide bonds. The molecule has 0 radical (unpaired) electrons. The number of rotatable bonds is 6. The Morgan fingerprint density at radius 3 is 1.20 bits per heavy atom. The fourth-order valence-electron chi connectivity index (χ4n) is 4.14. The van der Waals surface area contributed by atoms with Gasteiger partial charge in [-0.2, -0.15) is 26.3 Å². The highest BCUT2D eigenvalue weighted by Crippen LogP contribution is 2.57. The van der Waals surface area contributed by atoms with Crippen molar-refractivity contribution in [1.82, 2.24) is 0 Å². The van der Waals surface area contributed by atoms with E-state index >= 15 is 0 Å². The van der Waals surface area contributed by atoms with E-state index in [1.54, 1.807) is 0 Å². The van der Waals surface area contributed by atoms with Gasteiger partial charge in [-0.25, -0.2) is 9.59 Å². The molecule has 212 valence electrons. The molecule has 4 aromatic rings. The quantitative estimate of drug-likeness (QED) is 0.115. The molecule has 0 heterocycles. The molecule has 0 aliphatic carbocycles. The summed E-state index contributed by atoms with van der Waals surface area (Å²) < 4.78 is 98.2. The third-order valence-electron chi connectivity index (χ3n) is 6.10. The first-order chi connectivity index (χ1) is 19.2. The number of halogens is 6. The first-order valence-electron chi connectivity index (χ1n) is 11.7. The van der Waals surface area contributed by atoms with Crippen molar-refractivity contribution in [2.45, 2.75) is 17.8 Å². The van der Waals surface area contributed by atoms with E-state index in [1.807, 2.05) is 0 Å². The summed E-state index contributed by atoms with van der Waals surface area (Å²) in [6.07, 6.45) is -11.9. The van der Waals surface area contributed by atoms with Crippen LogP contribution >= 0.6 is 0 Å². The van der Waals surface area contributed by atoms with Crippen LogP contribution in [-0.2, 0) is 5.41 Å². The van der Waals surface area contributed by atoms with E-state index in [-0.39, 0.29) is 11.1 Å². The monoisotopic (exact) mass is 574 g/mol. The van der Waals surface area contributed by atoms with E-state index in [4.69, 9.17) is 20.9 Å². The van der Waals surface area contributed by atoms with Gasteiger partial charge in [0.05, 0.1) is 11.1 Å². The lowest BCUT2D eigenvalue weighted by molar-refractivity contribution is -0.288. The Labute approximate surface area is 229 Å². The van der Waals surface area contributed by atoms with Gasteiger partial charge in [0.2, 0.25) is 5.41 Å². The average molecular weight is 574 g/mol. The standard InChI is InChI=1S/C29H20F6N2O4/c30-28(31,32)27(29(33,34)35,19-3-1-5-23(15-19)40-25(38)17-7-11-21(36)12-8-17)20-4-2-6-24(16-20)41-26(39)18-9-13-22(37)14-10-18/h1-16H,36-37H2. The van der Waals surface area contributed by atoms with Crippen molar-refractivity contribution >= 4 is 23.3 Å². The van der Waals surface area contributed by atoms with Crippen molar-refractivity contribution in [3.8, 4) is 11.5 Å². The molecule has 0 saturated heterocycles. The van der Waals surface area contributed by atoms with Crippen LogP contribution in [0.1, 0.15) is 31.8 Å². The smallest absolute Gasteiger partial charge is 0.411 e. The zero-order chi connectivity index (χ0) is 30.0. The van der Waals surface area contributed by atoms with Gasteiger partial charge in [0.1, 0.15) is 11.5 Å². The van der Waals surface area contributed by atoms with Crippen LogP contribution < -0.4 is 20.9 Å². The largest absolute Gasteiger partial charge is 0.423 e. The van der Waals surface area contributed by atoms with Crippen molar-refractivity contribution < 1.29 is 45.4 Å². The summed E-state index contributed by atoms with van der Waals surface area (Å²) in [6, 6.07) is 16.7. The molecule has 0 aliphatic rings. The summed E-state index contributed by atoms with van der Waals surface area (Å²) in [5.41, 5.74) is 4.56. The van der Waals surface area contributed by atoms with E-state index in [2.05, 4.69) is 0 Å². The summed E-state index contributed by atoms with van der Waals surface area (Å²) in [5.74, 6) is -3.17. The molecule has 4 N–H and O–H groups in total. The average Bonchev–Trinajstić information content (AvgIpc) is 2.88. The van der Waals surface area contributed by atoms with Crippen LogP contribution in [0.4, 0.5) is 37.7 Å². The highest BCUT2D eigenvalue weighted by molar-refractivity contribution is 5.92. The first kappa shape index (κ1) is 29.0. The Kier molecular flexibility index (Phi) is 7.69. The molecule has 41 heavy (non-hydrogen) atoms. The number of hydrogen-bond acceptors (Lipinski definition) is 6. The SMILES string of the molecule is Nc1ccc(C(=O)Oc2cccc(C(c3cccc(OC(=O)c4ccc(N)cc4)c3)(C(F)(F)F)C(F)(F)F)c2)cc1. The minimum atomic E-state index is -5.94. The number of nitrogens with two attached hydrogens (primary N) is 2. The molecule has 0 unspecified atom stereocenters. The molecule has 4 rings (SSSR count). The number of ether oxygens (including phenoxy) is 2. The Morgan fingerprint density at radius 2 is 0.878 bits per heavy atom. The van der Waals surface area contributed by atoms with Gasteiger partial charge in [-0.3, -0.25) is 0 Å². The highest BCUT2D eigenvalue weighted by atomic mass is 19.4. The van der Waals surface area contributed by atoms with E-state index in [9.17, 15) is 35.9 Å². The van der Waals surface area contributed by atoms with Gasteiger partial charge < -0.3 is 20.9 Å². The Bertz CT molecular complexity index is 1450. The zero-order valence-corrected chi connectivity index (χ0v) is 20.8. The summed E-state index contributed by atoms with van der Waals surface area (Å²) >= 11 is 0. The summed E-state index contributed by atoms with van der Waals surface area (Å²) in [5, 5.41) is 0. The number of esters is 2. The third kappa shape index (κ3) is 5.81. The van der Waals surface area contributed by atoms with Gasteiger partial charge in [0, 0.05) is 11.4 Å². The van der Waals surface area contributed by atoms with E-state index in [0.717, 1.165) is 24.3 Å². The van der Waals surface area contributed by atoms with Crippen molar-refractivity contribution in [3.63, 3.8) is 0 Å². The lowest BCUT2D eigenvalue weighted by Crippen LogP contribution is -2.54. The minimum Gasteiger partial charge on any atom is -0.423 e. The molecule has 0 aromatic heterocycles. The number of carbonyl (C=O) groups excluding carboxylic acids is 2. The van der Waals surface area contributed by atoms with Crippen molar-refractivity contribution in [2.24, 2.45) is 0 Å². The Hall–Kier alpha value is -5.00. The minimum absolute atomic E-state index is 0.0295. The van der Waals surface area contributed by atoms with Gasteiger partial charge in [0.25, 0.3) is 0 Å². The fraction of sp³-hybridized carbons (Fsp3) is 0.103. The molecule has 0 bridgehead atoms. The first-order valence-corrected chi connectivity index (χ1v) is 11.7. The molecule has 0 atom stereocenters. The van der Waals surface area contributed by atoms with Crippen LogP contribution in [-0.4, -0.2) is 24.3 Å². The van der Waals surface area contributed by atoms with Crippen LogP contribution in [0.5, 0.6) is 11.5 Å². The second-order valence-corrected chi connectivity index (χ2v) is 8.82. The molecule has 4 aromatic carbocycles. The lowest BCUT2D eigenvalue weighted by Gasteiger charge is -2.38. The lowest BCUT2D eigenvalue weighted by atomic mass is 9.73. The van der Waals surface area contributed by atoms with Crippen molar-refractivity contribution in [3.05, 3.63) is 119 Å². The van der Waals surface area contributed by atoms with E-state index in [1.165, 1.54) is 48.5 Å². The molecule has 6 nitrogen and oxygen atoms in total. The maximum atomic E-state index is 14.7. The van der Waals surface area contributed by atoms with Crippen LogP contribution in [0.3, 0.4) is 0 Å². The van der Waals surface area contributed by atoms with Gasteiger partial charge in [-0.1, -0.05) is 24.3 Å². The summed E-state index contributed by atoms with van der Waals surface area (Å²) in [7, 11) is 0. The third-order valence-corrected chi connectivity index (χ3v) is 6.10. The van der Waals surface area contributed by atoms with Crippen molar-refractivity contribution in [2.75, 3.05) is 11.5 Å². The molecular formula is C29H20F6N2O4. The van der Waals surface area contributed by atoms with Gasteiger partial charge >= 0.3 is 24.3 Å². The van der Waals surface area contributed by atoms with Crippen LogP contribution in [0.2, 0.25) is 0 Å². The number of nitrogen functional groups attached to an aromatic ring is 2. The number of alkyl halides is 6.